The van der Waals surface area contributed by atoms with Crippen LogP contribution in [0.1, 0.15) is 39.0 Å². The summed E-state index contributed by atoms with van der Waals surface area (Å²) < 4.78 is 0. The maximum absolute atomic E-state index is 3.75. The fraction of sp³-hybridized carbons (Fsp3) is 1.00. The Morgan fingerprint density at radius 2 is 2.08 bits per heavy atom. The first-order chi connectivity index (χ1) is 5.86. The summed E-state index contributed by atoms with van der Waals surface area (Å²) in [7, 11) is 0. The molecule has 1 atom stereocenters. The van der Waals surface area contributed by atoms with Crippen molar-refractivity contribution in [1.82, 2.24) is 5.32 Å². The molecule has 1 N–H and O–H groups in total. The second-order valence-corrected chi connectivity index (χ2v) is 4.62. The van der Waals surface area contributed by atoms with E-state index in [1.807, 2.05) is 11.8 Å². The molecule has 0 aromatic carbocycles. The lowest BCUT2D eigenvalue weighted by Crippen LogP contribution is -2.37. The molecule has 0 spiro atoms. The van der Waals surface area contributed by atoms with Gasteiger partial charge in [-0.05, 0) is 25.5 Å². The van der Waals surface area contributed by atoms with Crippen LogP contribution in [0.2, 0.25) is 0 Å². The molecule has 2 heteroatoms. The van der Waals surface area contributed by atoms with Crippen LogP contribution >= 0.6 is 11.8 Å². The zero-order valence-electron chi connectivity index (χ0n) is 8.31. The summed E-state index contributed by atoms with van der Waals surface area (Å²) >= 11 is 1.96. The van der Waals surface area contributed by atoms with Gasteiger partial charge in [0, 0.05) is 17.8 Å². The Hall–Kier alpha value is 0.310. The molecule has 1 fully saturated rings. The smallest absolute Gasteiger partial charge is 0.0158 e. The van der Waals surface area contributed by atoms with E-state index in [0.29, 0.717) is 0 Å². The minimum Gasteiger partial charge on any atom is -0.310 e. The number of thioether (sulfide) groups is 1. The number of hydrogen-bond donors (Lipinski definition) is 1. The summed E-state index contributed by atoms with van der Waals surface area (Å²) in [6.45, 7) is 2.28. The highest BCUT2D eigenvalue weighted by atomic mass is 32.2. The first kappa shape index (κ1) is 10.4. The molecule has 1 saturated carbocycles. The Balaban J connectivity index is 2.16. The number of hydrogen-bond acceptors (Lipinski definition) is 2. The van der Waals surface area contributed by atoms with Crippen LogP contribution < -0.4 is 5.32 Å². The molecule has 72 valence electrons. The van der Waals surface area contributed by atoms with Gasteiger partial charge in [-0.15, -0.1) is 0 Å². The van der Waals surface area contributed by atoms with E-state index < -0.39 is 0 Å². The van der Waals surface area contributed by atoms with Crippen LogP contribution in [0.4, 0.5) is 0 Å². The molecular weight excluding hydrogens is 166 g/mol. The third-order valence-electron chi connectivity index (χ3n) is 2.69. The lowest BCUT2D eigenvalue weighted by Gasteiger charge is -2.20. The Bertz CT molecular complexity index is 110. The third-order valence-corrected chi connectivity index (χ3v) is 3.42. The van der Waals surface area contributed by atoms with Gasteiger partial charge in [0.05, 0.1) is 0 Å². The van der Waals surface area contributed by atoms with Gasteiger partial charge in [-0.25, -0.2) is 0 Å². The van der Waals surface area contributed by atoms with Crippen molar-refractivity contribution in [2.45, 2.75) is 51.1 Å². The summed E-state index contributed by atoms with van der Waals surface area (Å²) in [5.74, 6) is 1.27. The summed E-state index contributed by atoms with van der Waals surface area (Å²) in [5.41, 5.74) is 0. The standard InChI is InChI=1S/C10H21NS/c1-3-9(8-12-2)11-10-6-4-5-7-10/h9-11H,3-8H2,1-2H3. The molecule has 1 rings (SSSR count). The molecule has 0 heterocycles. The van der Waals surface area contributed by atoms with Crippen LogP contribution in [0, 0.1) is 0 Å². The highest BCUT2D eigenvalue weighted by Gasteiger charge is 2.17. The minimum absolute atomic E-state index is 0.753. The highest BCUT2D eigenvalue weighted by molar-refractivity contribution is 7.98. The SMILES string of the molecule is CCC(CSC)NC1CCCC1. The highest BCUT2D eigenvalue weighted by Crippen LogP contribution is 2.19. The van der Waals surface area contributed by atoms with Crippen LogP contribution in [-0.4, -0.2) is 24.1 Å². The molecule has 0 saturated heterocycles. The zero-order valence-corrected chi connectivity index (χ0v) is 9.12. The molecule has 1 aliphatic carbocycles. The summed E-state index contributed by atoms with van der Waals surface area (Å²) in [6.07, 6.45) is 9.16. The first-order valence-electron chi connectivity index (χ1n) is 5.11. The van der Waals surface area contributed by atoms with Gasteiger partial charge in [0.15, 0.2) is 0 Å². The monoisotopic (exact) mass is 187 g/mol. The zero-order chi connectivity index (χ0) is 8.81. The Labute approximate surface area is 80.7 Å². The quantitative estimate of drug-likeness (QED) is 0.710. The van der Waals surface area contributed by atoms with Crippen molar-refractivity contribution in [1.29, 1.82) is 0 Å². The molecule has 0 bridgehead atoms. The number of rotatable bonds is 5. The molecule has 0 radical (unpaired) electrons. The van der Waals surface area contributed by atoms with E-state index in [1.54, 1.807) is 0 Å². The van der Waals surface area contributed by atoms with Gasteiger partial charge in [0.2, 0.25) is 0 Å². The van der Waals surface area contributed by atoms with E-state index in [4.69, 9.17) is 0 Å². The molecule has 1 unspecified atom stereocenters. The Morgan fingerprint density at radius 1 is 1.42 bits per heavy atom. The molecule has 0 aromatic rings. The summed E-state index contributed by atoms with van der Waals surface area (Å²) in [4.78, 5) is 0. The van der Waals surface area contributed by atoms with Crippen LogP contribution in [0.25, 0.3) is 0 Å². The average Bonchev–Trinajstić information content (AvgIpc) is 2.56. The molecule has 1 aliphatic rings. The van der Waals surface area contributed by atoms with Gasteiger partial charge < -0.3 is 5.32 Å². The van der Waals surface area contributed by atoms with E-state index in [2.05, 4.69) is 18.5 Å². The number of nitrogens with one attached hydrogen (secondary N) is 1. The van der Waals surface area contributed by atoms with E-state index in [9.17, 15) is 0 Å². The fourth-order valence-corrected chi connectivity index (χ4v) is 2.65. The van der Waals surface area contributed by atoms with Crippen molar-refractivity contribution >= 4 is 11.8 Å². The Morgan fingerprint density at radius 3 is 2.58 bits per heavy atom. The second-order valence-electron chi connectivity index (χ2n) is 3.71. The lowest BCUT2D eigenvalue weighted by molar-refractivity contribution is 0.446. The van der Waals surface area contributed by atoms with Crippen molar-refractivity contribution in [3.8, 4) is 0 Å². The maximum Gasteiger partial charge on any atom is 0.0158 e. The van der Waals surface area contributed by atoms with Gasteiger partial charge in [-0.3, -0.25) is 0 Å². The van der Waals surface area contributed by atoms with Crippen LogP contribution in [0.3, 0.4) is 0 Å². The van der Waals surface area contributed by atoms with E-state index in [0.717, 1.165) is 12.1 Å². The normalized spacial score (nSPS) is 21.5. The average molecular weight is 187 g/mol. The molecular formula is C10H21NS. The molecule has 1 nitrogen and oxygen atoms in total. The molecule has 0 amide bonds. The molecule has 0 aromatic heterocycles. The minimum atomic E-state index is 0.753. The predicted octanol–water partition coefficient (Wildman–Crippen LogP) is 2.66. The van der Waals surface area contributed by atoms with Gasteiger partial charge in [-0.2, -0.15) is 11.8 Å². The van der Waals surface area contributed by atoms with Crippen LogP contribution in [0.5, 0.6) is 0 Å². The van der Waals surface area contributed by atoms with Crippen molar-refractivity contribution < 1.29 is 0 Å². The molecule has 0 aliphatic heterocycles. The van der Waals surface area contributed by atoms with Gasteiger partial charge in [0.25, 0.3) is 0 Å². The van der Waals surface area contributed by atoms with Gasteiger partial charge in [-0.1, -0.05) is 19.8 Å². The first-order valence-corrected chi connectivity index (χ1v) is 6.51. The van der Waals surface area contributed by atoms with Crippen molar-refractivity contribution in [2.75, 3.05) is 12.0 Å². The van der Waals surface area contributed by atoms with Crippen molar-refractivity contribution in [3.05, 3.63) is 0 Å². The third kappa shape index (κ3) is 3.36. The van der Waals surface area contributed by atoms with Crippen molar-refractivity contribution in [2.24, 2.45) is 0 Å². The van der Waals surface area contributed by atoms with E-state index in [1.165, 1.54) is 37.9 Å². The predicted molar refractivity (Wildman–Crippen MR) is 57.9 cm³/mol. The maximum atomic E-state index is 3.75. The van der Waals surface area contributed by atoms with Gasteiger partial charge >= 0.3 is 0 Å². The largest absolute Gasteiger partial charge is 0.310 e. The second kappa shape index (κ2) is 5.87. The summed E-state index contributed by atoms with van der Waals surface area (Å²) in [6, 6.07) is 1.59. The summed E-state index contributed by atoms with van der Waals surface area (Å²) in [5, 5.41) is 3.75. The van der Waals surface area contributed by atoms with E-state index >= 15 is 0 Å². The lowest BCUT2D eigenvalue weighted by atomic mass is 10.2. The Kier molecular flexibility index (Phi) is 5.08. The van der Waals surface area contributed by atoms with Crippen LogP contribution in [0.15, 0.2) is 0 Å². The fourth-order valence-electron chi connectivity index (χ4n) is 1.91. The molecule has 12 heavy (non-hydrogen) atoms. The van der Waals surface area contributed by atoms with Gasteiger partial charge in [0.1, 0.15) is 0 Å². The van der Waals surface area contributed by atoms with Crippen molar-refractivity contribution in [3.63, 3.8) is 0 Å². The van der Waals surface area contributed by atoms with Crippen LogP contribution in [-0.2, 0) is 0 Å². The topological polar surface area (TPSA) is 12.0 Å². The van der Waals surface area contributed by atoms with E-state index in [-0.39, 0.29) is 0 Å².